The largest absolute Gasteiger partial charge is 0.454 e. The molecule has 2 aromatic rings. The summed E-state index contributed by atoms with van der Waals surface area (Å²) in [4.78, 5) is 19.5. The SMILES string of the molecule is C[C@H]1[C@H](C)CCC[C@H]1N(Cc1ccc2c(c1)OCO2)C(=O)c1ccncc1. The fourth-order valence-corrected chi connectivity index (χ4v) is 4.23. The molecule has 1 fully saturated rings. The van der Waals surface area contributed by atoms with Gasteiger partial charge in [-0.3, -0.25) is 9.78 Å². The third-order valence-corrected chi connectivity index (χ3v) is 6.04. The number of benzene rings is 1. The Balaban J connectivity index is 1.64. The smallest absolute Gasteiger partial charge is 0.254 e. The van der Waals surface area contributed by atoms with Crippen molar-refractivity contribution in [3.8, 4) is 11.5 Å². The number of nitrogens with zero attached hydrogens (tertiary/aromatic N) is 2. The van der Waals surface area contributed by atoms with E-state index in [1.165, 1.54) is 6.42 Å². The quantitative estimate of drug-likeness (QED) is 0.810. The summed E-state index contributed by atoms with van der Waals surface area (Å²) < 4.78 is 10.9. The van der Waals surface area contributed by atoms with E-state index in [9.17, 15) is 4.79 Å². The minimum atomic E-state index is 0.0704. The van der Waals surface area contributed by atoms with Gasteiger partial charge in [0.15, 0.2) is 11.5 Å². The lowest BCUT2D eigenvalue weighted by atomic mass is 9.77. The van der Waals surface area contributed by atoms with Crippen LogP contribution in [-0.2, 0) is 6.54 Å². The molecule has 5 heteroatoms. The van der Waals surface area contributed by atoms with Crippen LogP contribution >= 0.6 is 0 Å². The van der Waals surface area contributed by atoms with Crippen molar-refractivity contribution in [2.24, 2.45) is 11.8 Å². The van der Waals surface area contributed by atoms with Gasteiger partial charge in [0.1, 0.15) is 0 Å². The summed E-state index contributed by atoms with van der Waals surface area (Å²) in [6.45, 7) is 5.41. The lowest BCUT2D eigenvalue weighted by molar-refractivity contribution is 0.0449. The maximum absolute atomic E-state index is 13.4. The number of carbonyl (C=O) groups is 1. The molecular formula is C22H26N2O3. The van der Waals surface area contributed by atoms with E-state index in [4.69, 9.17) is 9.47 Å². The minimum absolute atomic E-state index is 0.0704. The minimum Gasteiger partial charge on any atom is -0.454 e. The van der Waals surface area contributed by atoms with Crippen molar-refractivity contribution < 1.29 is 14.3 Å². The molecule has 1 aromatic carbocycles. The Hall–Kier alpha value is -2.56. The molecule has 1 aromatic heterocycles. The molecule has 1 aliphatic heterocycles. The molecule has 0 spiro atoms. The third kappa shape index (κ3) is 3.64. The topological polar surface area (TPSA) is 51.7 Å². The van der Waals surface area contributed by atoms with E-state index in [-0.39, 0.29) is 18.7 Å². The second-order valence-electron chi connectivity index (χ2n) is 7.69. The van der Waals surface area contributed by atoms with Gasteiger partial charge in [-0.15, -0.1) is 0 Å². The molecule has 1 aliphatic carbocycles. The first-order chi connectivity index (χ1) is 13.1. The highest BCUT2D eigenvalue weighted by molar-refractivity contribution is 5.94. The zero-order valence-electron chi connectivity index (χ0n) is 15.9. The van der Waals surface area contributed by atoms with Gasteiger partial charge in [0.05, 0.1) is 0 Å². The number of aromatic nitrogens is 1. The van der Waals surface area contributed by atoms with Crippen molar-refractivity contribution in [3.63, 3.8) is 0 Å². The Bertz CT molecular complexity index is 808. The van der Waals surface area contributed by atoms with Crippen molar-refractivity contribution in [2.45, 2.75) is 45.7 Å². The van der Waals surface area contributed by atoms with Crippen LogP contribution in [0, 0.1) is 11.8 Å². The Morgan fingerprint density at radius 1 is 1.11 bits per heavy atom. The van der Waals surface area contributed by atoms with Crippen molar-refractivity contribution in [2.75, 3.05) is 6.79 Å². The fraction of sp³-hybridized carbons (Fsp3) is 0.455. The van der Waals surface area contributed by atoms with Crippen LogP contribution in [0.25, 0.3) is 0 Å². The van der Waals surface area contributed by atoms with Gasteiger partial charge < -0.3 is 14.4 Å². The van der Waals surface area contributed by atoms with Crippen LogP contribution < -0.4 is 9.47 Å². The molecule has 27 heavy (non-hydrogen) atoms. The molecule has 2 heterocycles. The molecule has 0 radical (unpaired) electrons. The zero-order chi connectivity index (χ0) is 18.8. The van der Waals surface area contributed by atoms with Crippen LogP contribution in [0.3, 0.4) is 0 Å². The standard InChI is InChI=1S/C22H26N2O3/c1-15-4-3-5-19(16(15)2)24(22(25)18-8-10-23-11-9-18)13-17-6-7-20-21(12-17)27-14-26-20/h6-12,15-16,19H,3-5,13-14H2,1-2H3/t15-,16+,19-/m1/s1. The normalized spacial score (nSPS) is 23.9. The predicted molar refractivity (Wildman–Crippen MR) is 103 cm³/mol. The average Bonchev–Trinajstić information content (AvgIpc) is 3.16. The van der Waals surface area contributed by atoms with Gasteiger partial charge in [0, 0.05) is 30.5 Å². The molecular weight excluding hydrogens is 340 g/mol. The van der Waals surface area contributed by atoms with Crippen LogP contribution in [0.5, 0.6) is 11.5 Å². The Kier molecular flexibility index (Phi) is 5.01. The Morgan fingerprint density at radius 2 is 1.89 bits per heavy atom. The number of ether oxygens (including phenoxy) is 2. The summed E-state index contributed by atoms with van der Waals surface area (Å²) in [7, 11) is 0. The first kappa shape index (κ1) is 17.8. The van der Waals surface area contributed by atoms with Gasteiger partial charge in [0.2, 0.25) is 6.79 Å². The lowest BCUT2D eigenvalue weighted by Gasteiger charge is -2.41. The highest BCUT2D eigenvalue weighted by Gasteiger charge is 2.34. The summed E-state index contributed by atoms with van der Waals surface area (Å²) in [5.74, 6) is 2.69. The van der Waals surface area contributed by atoms with Crippen LogP contribution in [0.1, 0.15) is 49.0 Å². The molecule has 1 saturated carbocycles. The van der Waals surface area contributed by atoms with E-state index in [1.54, 1.807) is 24.5 Å². The number of hydrogen-bond donors (Lipinski definition) is 0. The average molecular weight is 366 g/mol. The number of rotatable bonds is 4. The van der Waals surface area contributed by atoms with Crippen LogP contribution in [-0.4, -0.2) is 28.6 Å². The summed E-state index contributed by atoms with van der Waals surface area (Å²) in [6, 6.07) is 9.78. The van der Waals surface area contributed by atoms with Crippen LogP contribution in [0.2, 0.25) is 0 Å². The van der Waals surface area contributed by atoms with E-state index in [0.717, 1.165) is 29.9 Å². The van der Waals surface area contributed by atoms with Crippen LogP contribution in [0.15, 0.2) is 42.7 Å². The summed E-state index contributed by atoms with van der Waals surface area (Å²) in [5.41, 5.74) is 1.75. The molecule has 4 rings (SSSR count). The highest BCUT2D eigenvalue weighted by Crippen LogP contribution is 2.36. The molecule has 3 atom stereocenters. The number of pyridine rings is 1. The number of hydrogen-bond acceptors (Lipinski definition) is 4. The maximum atomic E-state index is 13.4. The second-order valence-corrected chi connectivity index (χ2v) is 7.69. The summed E-state index contributed by atoms with van der Waals surface area (Å²) >= 11 is 0. The molecule has 5 nitrogen and oxygen atoms in total. The van der Waals surface area contributed by atoms with E-state index >= 15 is 0 Å². The van der Waals surface area contributed by atoms with E-state index < -0.39 is 0 Å². The van der Waals surface area contributed by atoms with E-state index in [1.807, 2.05) is 23.1 Å². The van der Waals surface area contributed by atoms with Crippen molar-refractivity contribution >= 4 is 5.91 Å². The zero-order valence-corrected chi connectivity index (χ0v) is 15.9. The van der Waals surface area contributed by atoms with Gasteiger partial charge in [-0.1, -0.05) is 32.8 Å². The Morgan fingerprint density at radius 3 is 2.70 bits per heavy atom. The highest BCUT2D eigenvalue weighted by atomic mass is 16.7. The van der Waals surface area contributed by atoms with Crippen molar-refractivity contribution in [3.05, 3.63) is 53.9 Å². The van der Waals surface area contributed by atoms with E-state index in [2.05, 4.69) is 18.8 Å². The van der Waals surface area contributed by atoms with Crippen LogP contribution in [0.4, 0.5) is 0 Å². The molecule has 1 amide bonds. The maximum Gasteiger partial charge on any atom is 0.254 e. The number of amides is 1. The molecule has 0 saturated heterocycles. The van der Waals surface area contributed by atoms with Gasteiger partial charge >= 0.3 is 0 Å². The molecule has 142 valence electrons. The molecule has 0 N–H and O–H groups in total. The third-order valence-electron chi connectivity index (χ3n) is 6.04. The van der Waals surface area contributed by atoms with Crippen molar-refractivity contribution in [1.29, 1.82) is 0 Å². The summed E-state index contributed by atoms with van der Waals surface area (Å²) in [5, 5.41) is 0. The van der Waals surface area contributed by atoms with Gasteiger partial charge in [-0.2, -0.15) is 0 Å². The van der Waals surface area contributed by atoms with Gasteiger partial charge in [-0.25, -0.2) is 0 Å². The lowest BCUT2D eigenvalue weighted by Crippen LogP contribution is -2.46. The summed E-state index contributed by atoms with van der Waals surface area (Å²) in [6.07, 6.45) is 6.81. The monoisotopic (exact) mass is 366 g/mol. The molecule has 0 unspecified atom stereocenters. The van der Waals surface area contributed by atoms with Gasteiger partial charge in [0.25, 0.3) is 5.91 Å². The second kappa shape index (κ2) is 7.59. The predicted octanol–water partition coefficient (Wildman–Crippen LogP) is 4.28. The van der Waals surface area contributed by atoms with Crippen molar-refractivity contribution in [1.82, 2.24) is 9.88 Å². The first-order valence-corrected chi connectivity index (χ1v) is 9.73. The molecule has 2 aliphatic rings. The fourth-order valence-electron chi connectivity index (χ4n) is 4.23. The Labute approximate surface area is 160 Å². The van der Waals surface area contributed by atoms with Gasteiger partial charge in [-0.05, 0) is 48.1 Å². The van der Waals surface area contributed by atoms with E-state index in [0.29, 0.717) is 23.9 Å². The number of fused-ring (bicyclic) bond motifs is 1. The first-order valence-electron chi connectivity index (χ1n) is 9.73. The number of carbonyl (C=O) groups excluding carboxylic acids is 1. The molecule has 0 bridgehead atoms.